The summed E-state index contributed by atoms with van der Waals surface area (Å²) in [4.78, 5) is 4.16. The lowest BCUT2D eigenvalue weighted by molar-refractivity contribution is 0.336. The normalized spacial score (nSPS) is 21.2. The molecule has 0 aliphatic heterocycles. The van der Waals surface area contributed by atoms with Gasteiger partial charge in [-0.25, -0.2) is 0 Å². The van der Waals surface area contributed by atoms with Gasteiger partial charge in [-0.15, -0.1) is 0 Å². The molecule has 1 aromatic heterocycles. The smallest absolute Gasteiger partial charge is 0.119 e. The summed E-state index contributed by atoms with van der Waals surface area (Å²) in [7, 11) is 0. The molecule has 0 saturated heterocycles. The Hall–Kier alpha value is -1.87. The van der Waals surface area contributed by atoms with Crippen LogP contribution in [0.1, 0.15) is 49.1 Å². The summed E-state index contributed by atoms with van der Waals surface area (Å²) in [6, 6.07) is 12.6. The predicted octanol–water partition coefficient (Wildman–Crippen LogP) is 4.04. The van der Waals surface area contributed by atoms with E-state index >= 15 is 0 Å². The summed E-state index contributed by atoms with van der Waals surface area (Å²) in [6.07, 6.45) is 10.8. The predicted molar refractivity (Wildman–Crippen MR) is 93.7 cm³/mol. The lowest BCUT2D eigenvalue weighted by atomic mass is 9.81. The maximum Gasteiger partial charge on any atom is 0.119 e. The van der Waals surface area contributed by atoms with Crippen LogP contribution in [0.2, 0.25) is 0 Å². The molecule has 0 spiro atoms. The Kier molecular flexibility index (Phi) is 5.65. The second-order valence-corrected chi connectivity index (χ2v) is 6.53. The first-order valence-corrected chi connectivity index (χ1v) is 8.73. The Balaban J connectivity index is 1.37. The van der Waals surface area contributed by atoms with Crippen molar-refractivity contribution < 1.29 is 5.11 Å². The molecule has 3 rings (SSSR count). The highest BCUT2D eigenvalue weighted by molar-refractivity contribution is 5.35. The average Bonchev–Trinajstić information content (AvgIpc) is 2.61. The quantitative estimate of drug-likeness (QED) is 0.792. The molecule has 0 radical (unpaired) electrons. The number of para-hydroxylation sites is 1. The van der Waals surface area contributed by atoms with Gasteiger partial charge in [-0.05, 0) is 74.2 Å². The Morgan fingerprint density at radius 1 is 1.04 bits per heavy atom. The first-order chi connectivity index (χ1) is 11.3. The van der Waals surface area contributed by atoms with Crippen LogP contribution in [0.3, 0.4) is 0 Å². The Morgan fingerprint density at radius 3 is 2.61 bits per heavy atom. The lowest BCUT2D eigenvalue weighted by Gasteiger charge is -2.29. The Bertz CT molecular complexity index is 592. The van der Waals surface area contributed by atoms with Gasteiger partial charge in [-0.2, -0.15) is 0 Å². The number of nitrogens with one attached hydrogen (secondary N) is 1. The zero-order chi connectivity index (χ0) is 15.9. The molecular formula is C20H26N2O. The van der Waals surface area contributed by atoms with Crippen LogP contribution in [0.4, 0.5) is 0 Å². The summed E-state index contributed by atoms with van der Waals surface area (Å²) < 4.78 is 0. The molecule has 0 amide bonds. The molecule has 0 bridgehead atoms. The molecule has 2 aromatic rings. The van der Waals surface area contributed by atoms with Crippen LogP contribution in [-0.4, -0.2) is 22.7 Å². The number of hydrogen-bond acceptors (Lipinski definition) is 3. The van der Waals surface area contributed by atoms with E-state index in [0.29, 0.717) is 17.7 Å². The van der Waals surface area contributed by atoms with Gasteiger partial charge >= 0.3 is 0 Å². The zero-order valence-corrected chi connectivity index (χ0v) is 13.6. The minimum absolute atomic E-state index is 0.459. The van der Waals surface area contributed by atoms with Gasteiger partial charge in [-0.3, -0.25) is 4.98 Å². The number of aromatic hydroxyl groups is 1. The van der Waals surface area contributed by atoms with Crippen LogP contribution < -0.4 is 5.32 Å². The Labute approximate surface area is 138 Å². The van der Waals surface area contributed by atoms with Crippen molar-refractivity contribution in [2.75, 3.05) is 6.54 Å². The third-order valence-corrected chi connectivity index (χ3v) is 4.90. The van der Waals surface area contributed by atoms with Gasteiger partial charge in [-0.1, -0.05) is 24.3 Å². The van der Waals surface area contributed by atoms with Gasteiger partial charge in [0.2, 0.25) is 0 Å². The summed E-state index contributed by atoms with van der Waals surface area (Å²) in [6.45, 7) is 1.07. The van der Waals surface area contributed by atoms with E-state index in [1.165, 1.54) is 18.4 Å². The first kappa shape index (κ1) is 16.0. The highest BCUT2D eigenvalue weighted by atomic mass is 16.3. The minimum atomic E-state index is 0.459. The van der Waals surface area contributed by atoms with Crippen molar-refractivity contribution in [3.8, 4) is 5.75 Å². The summed E-state index contributed by atoms with van der Waals surface area (Å²) in [5.74, 6) is 0.977. The number of benzene rings is 1. The fraction of sp³-hybridized carbons (Fsp3) is 0.450. The topological polar surface area (TPSA) is 45.1 Å². The third kappa shape index (κ3) is 4.55. The van der Waals surface area contributed by atoms with E-state index in [-0.39, 0.29) is 0 Å². The molecule has 0 unspecified atom stereocenters. The molecule has 122 valence electrons. The fourth-order valence-corrected chi connectivity index (χ4v) is 3.59. The largest absolute Gasteiger partial charge is 0.508 e. The van der Waals surface area contributed by atoms with Crippen LogP contribution in [0.5, 0.6) is 5.75 Å². The molecule has 1 aliphatic rings. The van der Waals surface area contributed by atoms with E-state index < -0.39 is 0 Å². The number of pyridine rings is 1. The molecule has 2 N–H and O–H groups in total. The zero-order valence-electron chi connectivity index (χ0n) is 13.6. The average molecular weight is 310 g/mol. The molecule has 1 aliphatic carbocycles. The van der Waals surface area contributed by atoms with Gasteiger partial charge in [0.05, 0.1) is 0 Å². The van der Waals surface area contributed by atoms with Crippen LogP contribution in [0.15, 0.2) is 48.8 Å². The van der Waals surface area contributed by atoms with E-state index in [4.69, 9.17) is 0 Å². The maximum absolute atomic E-state index is 9.99. The standard InChI is InChI=1S/C20H26N2O/c23-20-8-2-1-7-19(20)17-9-11-18(12-10-17)22-14-4-6-16-5-3-13-21-15-16/h1-3,5,7-8,13,15,17-18,22-23H,4,6,9-12,14H2. The molecular weight excluding hydrogens is 284 g/mol. The van der Waals surface area contributed by atoms with Crippen molar-refractivity contribution >= 4 is 0 Å². The first-order valence-electron chi connectivity index (χ1n) is 8.73. The van der Waals surface area contributed by atoms with E-state index in [2.05, 4.69) is 22.4 Å². The van der Waals surface area contributed by atoms with Crippen LogP contribution in [0, 0.1) is 0 Å². The number of phenols is 1. The molecule has 3 heteroatoms. The van der Waals surface area contributed by atoms with Crippen molar-refractivity contribution in [2.45, 2.75) is 50.5 Å². The maximum atomic E-state index is 9.99. The number of hydrogen-bond donors (Lipinski definition) is 2. The van der Waals surface area contributed by atoms with Crippen LogP contribution in [0.25, 0.3) is 0 Å². The fourth-order valence-electron chi connectivity index (χ4n) is 3.59. The molecule has 3 nitrogen and oxygen atoms in total. The molecule has 1 fully saturated rings. The van der Waals surface area contributed by atoms with Gasteiger partial charge < -0.3 is 10.4 Å². The number of phenolic OH excluding ortho intramolecular Hbond substituents is 1. The van der Waals surface area contributed by atoms with E-state index in [9.17, 15) is 5.11 Å². The Morgan fingerprint density at radius 2 is 1.87 bits per heavy atom. The van der Waals surface area contributed by atoms with E-state index in [0.717, 1.165) is 37.8 Å². The third-order valence-electron chi connectivity index (χ3n) is 4.90. The van der Waals surface area contributed by atoms with Crippen LogP contribution >= 0.6 is 0 Å². The molecule has 23 heavy (non-hydrogen) atoms. The number of aryl methyl sites for hydroxylation is 1. The summed E-state index contributed by atoms with van der Waals surface area (Å²) in [5.41, 5.74) is 2.44. The molecule has 1 aromatic carbocycles. The molecule has 1 saturated carbocycles. The monoisotopic (exact) mass is 310 g/mol. The lowest BCUT2D eigenvalue weighted by Crippen LogP contribution is -2.33. The SMILES string of the molecule is Oc1ccccc1C1CCC(NCCCc2cccnc2)CC1. The van der Waals surface area contributed by atoms with Gasteiger partial charge in [0.15, 0.2) is 0 Å². The second-order valence-electron chi connectivity index (χ2n) is 6.53. The summed E-state index contributed by atoms with van der Waals surface area (Å²) in [5, 5.41) is 13.7. The highest BCUT2D eigenvalue weighted by Gasteiger charge is 2.23. The second kappa shape index (κ2) is 8.11. The van der Waals surface area contributed by atoms with Gasteiger partial charge in [0, 0.05) is 18.4 Å². The summed E-state index contributed by atoms with van der Waals surface area (Å²) >= 11 is 0. The number of aromatic nitrogens is 1. The van der Waals surface area contributed by atoms with Gasteiger partial charge in [0.25, 0.3) is 0 Å². The van der Waals surface area contributed by atoms with Crippen molar-refractivity contribution in [1.82, 2.24) is 10.3 Å². The minimum Gasteiger partial charge on any atom is -0.508 e. The number of nitrogens with zero attached hydrogens (tertiary/aromatic N) is 1. The van der Waals surface area contributed by atoms with Crippen molar-refractivity contribution in [2.24, 2.45) is 0 Å². The van der Waals surface area contributed by atoms with E-state index in [1.54, 1.807) is 6.07 Å². The van der Waals surface area contributed by atoms with Crippen LogP contribution in [-0.2, 0) is 6.42 Å². The molecule has 1 heterocycles. The van der Waals surface area contributed by atoms with E-state index in [1.807, 2.05) is 30.6 Å². The van der Waals surface area contributed by atoms with Crippen molar-refractivity contribution in [1.29, 1.82) is 0 Å². The van der Waals surface area contributed by atoms with Crippen molar-refractivity contribution in [3.05, 3.63) is 59.9 Å². The van der Waals surface area contributed by atoms with Crippen molar-refractivity contribution in [3.63, 3.8) is 0 Å². The molecule has 0 atom stereocenters. The highest BCUT2D eigenvalue weighted by Crippen LogP contribution is 2.36. The number of rotatable bonds is 6. The van der Waals surface area contributed by atoms with Gasteiger partial charge in [0.1, 0.15) is 5.75 Å².